The van der Waals surface area contributed by atoms with Crippen LogP contribution in [0.15, 0.2) is 71.1 Å². The Morgan fingerprint density at radius 1 is 1.12 bits per heavy atom. The topological polar surface area (TPSA) is 58.2 Å². The summed E-state index contributed by atoms with van der Waals surface area (Å²) < 4.78 is 39.4. The summed E-state index contributed by atoms with van der Waals surface area (Å²) in [5.74, 6) is -1.30. The van der Waals surface area contributed by atoms with Gasteiger partial charge in [-0.2, -0.15) is 13.2 Å². The van der Waals surface area contributed by atoms with Crippen LogP contribution in [0, 0.1) is 5.41 Å². The lowest BCUT2D eigenvalue weighted by atomic mass is 9.68. The first-order valence-corrected chi connectivity index (χ1v) is 11.2. The normalized spacial score (nSPS) is 20.1. The van der Waals surface area contributed by atoms with E-state index in [1.54, 1.807) is 31.2 Å². The van der Waals surface area contributed by atoms with E-state index < -0.39 is 23.6 Å². The number of ketones is 1. The number of hydrogen-bond donors (Lipinski definition) is 2. The van der Waals surface area contributed by atoms with E-state index in [1.165, 1.54) is 12.1 Å². The number of carbonyl (C=O) groups excluding carboxylic acids is 2. The highest BCUT2D eigenvalue weighted by Gasteiger charge is 2.42. The van der Waals surface area contributed by atoms with Gasteiger partial charge in [0.05, 0.1) is 5.56 Å². The van der Waals surface area contributed by atoms with Gasteiger partial charge in [-0.3, -0.25) is 9.59 Å². The van der Waals surface area contributed by atoms with Gasteiger partial charge < -0.3 is 10.6 Å². The number of Topliss-reactive ketones (excluding diaryl/α,β-unsaturated/α-hetero) is 1. The van der Waals surface area contributed by atoms with Crippen LogP contribution in [0.25, 0.3) is 0 Å². The fourth-order valence-corrected chi connectivity index (χ4v) is 4.82. The van der Waals surface area contributed by atoms with Crippen molar-refractivity contribution < 1.29 is 22.8 Å². The summed E-state index contributed by atoms with van der Waals surface area (Å²) in [6.07, 6.45) is -3.56. The molecule has 0 aromatic heterocycles. The highest BCUT2D eigenvalue weighted by Crippen LogP contribution is 2.47. The lowest BCUT2D eigenvalue weighted by Crippen LogP contribution is -2.39. The molecule has 0 saturated heterocycles. The molecule has 2 aliphatic rings. The average molecular weight is 489 g/mol. The number of nitrogens with one attached hydrogen (secondary N) is 2. The zero-order chi connectivity index (χ0) is 24.8. The number of halogens is 4. The largest absolute Gasteiger partial charge is 0.416 e. The Bertz CT molecular complexity index is 1230. The van der Waals surface area contributed by atoms with Crippen molar-refractivity contribution in [1.82, 2.24) is 5.32 Å². The number of allylic oxidation sites excluding steroid dienone is 3. The van der Waals surface area contributed by atoms with Gasteiger partial charge in [0.25, 0.3) is 5.91 Å². The molecule has 1 atom stereocenters. The van der Waals surface area contributed by atoms with Crippen molar-refractivity contribution in [3.63, 3.8) is 0 Å². The lowest BCUT2D eigenvalue weighted by molar-refractivity contribution is -0.137. The minimum absolute atomic E-state index is 0.0193. The molecule has 4 rings (SSSR count). The minimum atomic E-state index is -4.53. The van der Waals surface area contributed by atoms with Gasteiger partial charge in [0.15, 0.2) is 5.78 Å². The van der Waals surface area contributed by atoms with Gasteiger partial charge in [-0.1, -0.05) is 43.6 Å². The molecular formula is C26H24ClF3N2O2. The molecule has 1 aliphatic heterocycles. The van der Waals surface area contributed by atoms with Crippen molar-refractivity contribution >= 4 is 29.0 Å². The van der Waals surface area contributed by atoms with Crippen LogP contribution in [0.3, 0.4) is 0 Å². The van der Waals surface area contributed by atoms with Crippen molar-refractivity contribution in [2.24, 2.45) is 5.41 Å². The fraction of sp³-hybridized carbons (Fsp3) is 0.308. The maximum absolute atomic E-state index is 13.4. The van der Waals surface area contributed by atoms with Gasteiger partial charge in [0.1, 0.15) is 0 Å². The van der Waals surface area contributed by atoms with E-state index in [2.05, 4.69) is 10.6 Å². The molecule has 1 heterocycles. The maximum atomic E-state index is 13.4. The monoisotopic (exact) mass is 488 g/mol. The summed E-state index contributed by atoms with van der Waals surface area (Å²) in [6.45, 7) is 5.77. The van der Waals surface area contributed by atoms with Gasteiger partial charge >= 0.3 is 6.18 Å². The Kier molecular flexibility index (Phi) is 6.10. The highest BCUT2D eigenvalue weighted by atomic mass is 35.5. The lowest BCUT2D eigenvalue weighted by Gasteiger charge is -2.39. The van der Waals surface area contributed by atoms with Gasteiger partial charge in [-0.15, -0.1) is 0 Å². The first kappa shape index (κ1) is 24.1. The molecule has 0 spiro atoms. The molecule has 0 unspecified atom stereocenters. The quantitative estimate of drug-likeness (QED) is 0.511. The number of alkyl halides is 3. The van der Waals surface area contributed by atoms with Crippen LogP contribution < -0.4 is 10.6 Å². The predicted molar refractivity (Wildman–Crippen MR) is 125 cm³/mol. The Hall–Kier alpha value is -3.06. The predicted octanol–water partition coefficient (Wildman–Crippen LogP) is 6.60. The number of dihydropyridines is 1. The van der Waals surface area contributed by atoms with Crippen molar-refractivity contribution in [3.8, 4) is 0 Å². The van der Waals surface area contributed by atoms with Crippen molar-refractivity contribution in [2.75, 3.05) is 5.32 Å². The number of anilines is 1. The van der Waals surface area contributed by atoms with Gasteiger partial charge in [-0.05, 0) is 54.7 Å². The zero-order valence-corrected chi connectivity index (χ0v) is 19.7. The Morgan fingerprint density at radius 3 is 2.44 bits per heavy atom. The van der Waals surface area contributed by atoms with Crippen LogP contribution in [0.2, 0.25) is 5.02 Å². The first-order chi connectivity index (χ1) is 15.9. The third-order valence-corrected chi connectivity index (χ3v) is 6.39. The van der Waals surface area contributed by atoms with E-state index in [0.29, 0.717) is 34.7 Å². The Labute approximate surface area is 200 Å². The maximum Gasteiger partial charge on any atom is 0.416 e. The van der Waals surface area contributed by atoms with Crippen LogP contribution in [0.5, 0.6) is 0 Å². The van der Waals surface area contributed by atoms with Gasteiger partial charge in [0.2, 0.25) is 0 Å². The smallest absolute Gasteiger partial charge is 0.362 e. The van der Waals surface area contributed by atoms with E-state index in [0.717, 1.165) is 17.8 Å². The van der Waals surface area contributed by atoms with Crippen molar-refractivity contribution in [1.29, 1.82) is 0 Å². The summed E-state index contributed by atoms with van der Waals surface area (Å²) in [7, 11) is 0. The van der Waals surface area contributed by atoms with Crippen LogP contribution >= 0.6 is 11.6 Å². The first-order valence-electron chi connectivity index (χ1n) is 10.8. The SMILES string of the molecule is CC1=C(C(=O)Nc2cccc(C(F)(F)F)c2)[C@H](c2ccc(Cl)cc2)C2=C(CC(C)(C)CC2=O)N1. The molecule has 0 saturated carbocycles. The third-order valence-electron chi connectivity index (χ3n) is 6.14. The molecule has 2 aromatic carbocycles. The second-order valence-electron chi connectivity index (χ2n) is 9.51. The molecule has 0 fully saturated rings. The summed E-state index contributed by atoms with van der Waals surface area (Å²) in [5, 5.41) is 6.35. The zero-order valence-electron chi connectivity index (χ0n) is 18.9. The van der Waals surface area contributed by atoms with E-state index in [1.807, 2.05) is 13.8 Å². The Morgan fingerprint density at radius 2 is 1.79 bits per heavy atom. The van der Waals surface area contributed by atoms with E-state index in [9.17, 15) is 22.8 Å². The molecule has 2 aromatic rings. The number of amides is 1. The standard InChI is InChI=1S/C26H24ClF3N2O2/c1-14-21(24(34)32-18-6-4-5-16(11-18)26(28,29)30)22(15-7-9-17(27)10-8-15)23-19(31-14)12-25(2,3)13-20(23)33/h4-11,22,31H,12-13H2,1-3H3,(H,32,34)/t22-/m0/s1. The molecule has 2 N–H and O–H groups in total. The second-order valence-corrected chi connectivity index (χ2v) is 9.95. The number of benzene rings is 2. The van der Waals surface area contributed by atoms with Crippen LogP contribution in [-0.2, 0) is 15.8 Å². The minimum Gasteiger partial charge on any atom is -0.362 e. The summed E-state index contributed by atoms with van der Waals surface area (Å²) in [5.41, 5.74) is 1.76. The number of carbonyl (C=O) groups is 2. The number of rotatable bonds is 3. The van der Waals surface area contributed by atoms with Gasteiger partial charge in [-0.25, -0.2) is 0 Å². The number of hydrogen-bond acceptors (Lipinski definition) is 3. The highest BCUT2D eigenvalue weighted by molar-refractivity contribution is 6.30. The van der Waals surface area contributed by atoms with Crippen LogP contribution in [-0.4, -0.2) is 11.7 Å². The van der Waals surface area contributed by atoms with Crippen LogP contribution in [0.1, 0.15) is 50.7 Å². The molecule has 4 nitrogen and oxygen atoms in total. The van der Waals surface area contributed by atoms with Crippen molar-refractivity contribution in [3.05, 3.63) is 87.2 Å². The molecule has 178 valence electrons. The molecule has 34 heavy (non-hydrogen) atoms. The van der Waals surface area contributed by atoms with E-state index in [-0.39, 0.29) is 22.5 Å². The third kappa shape index (κ3) is 4.75. The molecule has 1 aliphatic carbocycles. The molecular weight excluding hydrogens is 465 g/mol. The molecule has 8 heteroatoms. The Balaban J connectivity index is 1.77. The second kappa shape index (κ2) is 8.62. The van der Waals surface area contributed by atoms with Gasteiger partial charge in [0, 0.05) is 45.6 Å². The van der Waals surface area contributed by atoms with Crippen LogP contribution in [0.4, 0.5) is 18.9 Å². The molecule has 0 bridgehead atoms. The van der Waals surface area contributed by atoms with E-state index in [4.69, 9.17) is 11.6 Å². The summed E-state index contributed by atoms with van der Waals surface area (Å²) in [4.78, 5) is 26.7. The van der Waals surface area contributed by atoms with E-state index >= 15 is 0 Å². The fourth-order valence-electron chi connectivity index (χ4n) is 4.70. The average Bonchev–Trinajstić information content (AvgIpc) is 2.72. The summed E-state index contributed by atoms with van der Waals surface area (Å²) >= 11 is 6.07. The van der Waals surface area contributed by atoms with Crippen molar-refractivity contribution in [2.45, 2.75) is 45.7 Å². The molecule has 0 radical (unpaired) electrons. The summed E-state index contributed by atoms with van der Waals surface area (Å²) in [6, 6.07) is 11.4. The molecule has 1 amide bonds.